The summed E-state index contributed by atoms with van der Waals surface area (Å²) < 4.78 is 0. The molecule has 0 aliphatic carbocycles. The van der Waals surface area contributed by atoms with Crippen molar-refractivity contribution in [3.8, 4) is 0 Å². The number of hydrogen-bond donors (Lipinski definition) is 2. The maximum absolute atomic E-state index is 10.1. The third-order valence-corrected chi connectivity index (χ3v) is 3.47. The zero-order valence-electron chi connectivity index (χ0n) is 11.6. The molecule has 1 aromatic rings. The van der Waals surface area contributed by atoms with Gasteiger partial charge in [-0.15, -0.1) is 0 Å². The van der Waals surface area contributed by atoms with Gasteiger partial charge in [0.1, 0.15) is 17.5 Å². The number of aryl methyl sites for hydroxylation is 1. The van der Waals surface area contributed by atoms with Crippen LogP contribution in [0.1, 0.15) is 31.7 Å². The van der Waals surface area contributed by atoms with Crippen LogP contribution in [0.15, 0.2) is 0 Å². The van der Waals surface area contributed by atoms with Gasteiger partial charge in [-0.05, 0) is 20.3 Å². The van der Waals surface area contributed by atoms with Crippen LogP contribution < -0.4 is 10.2 Å². The average Bonchev–Trinajstić information content (AvgIpc) is 2.70. The van der Waals surface area contributed by atoms with Crippen LogP contribution >= 0.6 is 0 Å². The number of nitrogens with zero attached hydrogens (tertiary/aromatic N) is 3. The van der Waals surface area contributed by atoms with Crippen molar-refractivity contribution in [2.75, 3.05) is 30.4 Å². The monoisotopic (exact) mass is 250 g/mol. The summed E-state index contributed by atoms with van der Waals surface area (Å²) in [5.41, 5.74) is 0.441. The molecule has 0 saturated carbocycles. The highest BCUT2D eigenvalue weighted by Crippen LogP contribution is 2.29. The molecule has 2 N–H and O–H groups in total. The van der Waals surface area contributed by atoms with E-state index in [2.05, 4.69) is 20.2 Å². The van der Waals surface area contributed by atoms with Gasteiger partial charge in [0.15, 0.2) is 0 Å². The van der Waals surface area contributed by atoms with Crippen molar-refractivity contribution in [1.82, 2.24) is 9.97 Å². The SMILES string of the molecule is CCc1nc(NC)c(C)c(N2CCC(C)(O)C2)n1. The molecule has 1 fully saturated rings. The Hall–Kier alpha value is -1.36. The highest BCUT2D eigenvalue weighted by molar-refractivity contribution is 5.59. The minimum atomic E-state index is -0.608. The summed E-state index contributed by atoms with van der Waals surface area (Å²) in [6.45, 7) is 7.43. The van der Waals surface area contributed by atoms with Gasteiger partial charge in [0.05, 0.1) is 5.60 Å². The number of aliphatic hydroxyl groups is 1. The van der Waals surface area contributed by atoms with Crippen LogP contribution in [0.2, 0.25) is 0 Å². The molecule has 0 bridgehead atoms. The molecular formula is C13H22N4O. The zero-order valence-corrected chi connectivity index (χ0v) is 11.6. The highest BCUT2D eigenvalue weighted by atomic mass is 16.3. The first-order chi connectivity index (χ1) is 8.46. The first-order valence-electron chi connectivity index (χ1n) is 6.49. The molecule has 1 aliphatic rings. The molecule has 1 saturated heterocycles. The van der Waals surface area contributed by atoms with Crippen LogP contribution in [0.5, 0.6) is 0 Å². The molecule has 100 valence electrons. The molecular weight excluding hydrogens is 228 g/mol. The van der Waals surface area contributed by atoms with E-state index in [-0.39, 0.29) is 0 Å². The van der Waals surface area contributed by atoms with Gasteiger partial charge >= 0.3 is 0 Å². The van der Waals surface area contributed by atoms with Crippen LogP contribution in [0, 0.1) is 6.92 Å². The van der Waals surface area contributed by atoms with Crippen molar-refractivity contribution >= 4 is 11.6 Å². The molecule has 5 nitrogen and oxygen atoms in total. The highest BCUT2D eigenvalue weighted by Gasteiger charge is 2.33. The number of aromatic nitrogens is 2. The molecule has 0 radical (unpaired) electrons. The molecule has 0 amide bonds. The molecule has 1 unspecified atom stereocenters. The van der Waals surface area contributed by atoms with Crippen LogP contribution in [0.4, 0.5) is 11.6 Å². The fraction of sp³-hybridized carbons (Fsp3) is 0.692. The predicted molar refractivity (Wildman–Crippen MR) is 73.1 cm³/mol. The molecule has 18 heavy (non-hydrogen) atoms. The van der Waals surface area contributed by atoms with Crippen molar-refractivity contribution in [1.29, 1.82) is 0 Å². The van der Waals surface area contributed by atoms with Crippen LogP contribution in [-0.4, -0.2) is 40.8 Å². The van der Waals surface area contributed by atoms with E-state index in [1.54, 1.807) is 0 Å². The minimum Gasteiger partial charge on any atom is -0.388 e. The Morgan fingerprint density at radius 2 is 2.17 bits per heavy atom. The fourth-order valence-corrected chi connectivity index (χ4v) is 2.39. The average molecular weight is 250 g/mol. The molecule has 0 aromatic carbocycles. The Kier molecular flexibility index (Phi) is 3.43. The lowest BCUT2D eigenvalue weighted by Gasteiger charge is -2.23. The molecule has 1 aliphatic heterocycles. The Morgan fingerprint density at radius 1 is 1.44 bits per heavy atom. The molecule has 1 aromatic heterocycles. The van der Waals surface area contributed by atoms with E-state index in [9.17, 15) is 5.11 Å². The summed E-state index contributed by atoms with van der Waals surface area (Å²) in [5, 5.41) is 13.2. The Bertz CT molecular complexity index is 445. The second-order valence-electron chi connectivity index (χ2n) is 5.21. The minimum absolute atomic E-state index is 0.608. The summed E-state index contributed by atoms with van der Waals surface area (Å²) in [7, 11) is 1.87. The summed E-state index contributed by atoms with van der Waals surface area (Å²) >= 11 is 0. The third kappa shape index (κ3) is 2.41. The van der Waals surface area contributed by atoms with Gasteiger partial charge in [-0.1, -0.05) is 6.92 Å². The number of β-amino-alcohol motifs (C(OH)–C–C–N with tert-alkyl or cyclic N) is 1. The zero-order chi connectivity index (χ0) is 13.3. The second-order valence-corrected chi connectivity index (χ2v) is 5.21. The van der Waals surface area contributed by atoms with Gasteiger partial charge in [-0.2, -0.15) is 0 Å². The molecule has 2 rings (SSSR count). The first-order valence-corrected chi connectivity index (χ1v) is 6.49. The Morgan fingerprint density at radius 3 is 2.67 bits per heavy atom. The summed E-state index contributed by atoms with van der Waals surface area (Å²) in [6.07, 6.45) is 1.60. The van der Waals surface area contributed by atoms with Gasteiger partial charge < -0.3 is 15.3 Å². The van der Waals surface area contributed by atoms with E-state index >= 15 is 0 Å². The van der Waals surface area contributed by atoms with E-state index in [1.807, 2.05) is 27.8 Å². The Labute approximate surface area is 108 Å². The molecule has 1 atom stereocenters. The smallest absolute Gasteiger partial charge is 0.137 e. The fourth-order valence-electron chi connectivity index (χ4n) is 2.39. The standard InChI is InChI=1S/C13H22N4O/c1-5-10-15-11(14-4)9(2)12(16-10)17-7-6-13(3,18)8-17/h18H,5-8H2,1-4H3,(H,14,15,16). The molecule has 2 heterocycles. The van der Waals surface area contributed by atoms with E-state index in [1.165, 1.54) is 0 Å². The number of nitrogens with one attached hydrogen (secondary N) is 1. The van der Waals surface area contributed by atoms with E-state index < -0.39 is 5.60 Å². The lowest BCUT2D eigenvalue weighted by Crippen LogP contribution is -2.30. The van der Waals surface area contributed by atoms with Gasteiger partial charge in [-0.25, -0.2) is 9.97 Å². The van der Waals surface area contributed by atoms with Gasteiger partial charge in [0.2, 0.25) is 0 Å². The van der Waals surface area contributed by atoms with Gasteiger partial charge in [0.25, 0.3) is 0 Å². The van der Waals surface area contributed by atoms with Gasteiger partial charge in [0, 0.05) is 32.1 Å². The maximum Gasteiger partial charge on any atom is 0.137 e. The summed E-state index contributed by atoms with van der Waals surface area (Å²) in [4.78, 5) is 11.2. The predicted octanol–water partition coefficient (Wildman–Crippen LogP) is 1.35. The topological polar surface area (TPSA) is 61.3 Å². The van der Waals surface area contributed by atoms with Crippen LogP contribution in [0.3, 0.4) is 0 Å². The van der Waals surface area contributed by atoms with Crippen molar-refractivity contribution in [3.63, 3.8) is 0 Å². The second kappa shape index (κ2) is 4.72. The van der Waals surface area contributed by atoms with Crippen LogP contribution in [-0.2, 0) is 6.42 Å². The van der Waals surface area contributed by atoms with Crippen molar-refractivity contribution in [2.45, 2.75) is 39.2 Å². The summed E-state index contributed by atoms with van der Waals surface area (Å²) in [6, 6.07) is 0. The van der Waals surface area contributed by atoms with E-state index in [0.717, 1.165) is 42.4 Å². The largest absolute Gasteiger partial charge is 0.388 e. The van der Waals surface area contributed by atoms with E-state index in [0.29, 0.717) is 6.54 Å². The number of rotatable bonds is 3. The maximum atomic E-state index is 10.1. The van der Waals surface area contributed by atoms with Crippen molar-refractivity contribution in [3.05, 3.63) is 11.4 Å². The van der Waals surface area contributed by atoms with Crippen LogP contribution in [0.25, 0.3) is 0 Å². The molecule has 5 heteroatoms. The lowest BCUT2D eigenvalue weighted by atomic mass is 10.1. The van der Waals surface area contributed by atoms with E-state index in [4.69, 9.17) is 0 Å². The normalized spacial score (nSPS) is 23.5. The van der Waals surface area contributed by atoms with Crippen molar-refractivity contribution in [2.24, 2.45) is 0 Å². The quantitative estimate of drug-likeness (QED) is 0.848. The third-order valence-electron chi connectivity index (χ3n) is 3.47. The van der Waals surface area contributed by atoms with Gasteiger partial charge in [-0.3, -0.25) is 0 Å². The first kappa shape index (κ1) is 13.1. The number of anilines is 2. The lowest BCUT2D eigenvalue weighted by molar-refractivity contribution is 0.0839. The molecule has 0 spiro atoms. The summed E-state index contributed by atoms with van der Waals surface area (Å²) in [5.74, 6) is 2.67. The van der Waals surface area contributed by atoms with Crippen molar-refractivity contribution < 1.29 is 5.11 Å². The number of hydrogen-bond acceptors (Lipinski definition) is 5. The Balaban J connectivity index is 2.38.